The molecule has 4 aromatic rings. The summed E-state index contributed by atoms with van der Waals surface area (Å²) in [5.41, 5.74) is 8.07. The molecule has 4 rings (SSSR count). The molecule has 2 aromatic carbocycles. The van der Waals surface area contributed by atoms with Gasteiger partial charge in [-0.05, 0) is 23.3 Å². The van der Waals surface area contributed by atoms with Gasteiger partial charge < -0.3 is 10.5 Å². The van der Waals surface area contributed by atoms with Gasteiger partial charge in [0.1, 0.15) is 5.65 Å². The third kappa shape index (κ3) is 4.17. The van der Waals surface area contributed by atoms with E-state index in [2.05, 4.69) is 16.0 Å². The Labute approximate surface area is 193 Å². The molecule has 0 saturated heterocycles. The molecular weight excluding hydrogens is 442 g/mol. The molecule has 0 spiro atoms. The molecule has 0 aliphatic rings. The first kappa shape index (κ1) is 22.4. The number of hydrogen-bond acceptors (Lipinski definition) is 6. The lowest BCUT2D eigenvalue weighted by Gasteiger charge is -2.17. The Hall–Kier alpha value is -3.77. The van der Waals surface area contributed by atoms with E-state index in [4.69, 9.17) is 22.1 Å². The normalized spacial score (nSPS) is 11.0. The average Bonchev–Trinajstić information content (AvgIpc) is 2.82. The van der Waals surface area contributed by atoms with Crippen LogP contribution in [-0.4, -0.2) is 21.6 Å². The van der Waals surface area contributed by atoms with Gasteiger partial charge in [-0.2, -0.15) is 5.26 Å². The fraction of sp³-hybridized carbons (Fsp3) is 0.167. The molecule has 2 heterocycles. The predicted octanol–water partition coefficient (Wildman–Crippen LogP) is 2.93. The number of nitrogens with one attached hydrogen (secondary N) is 1. The van der Waals surface area contributed by atoms with Gasteiger partial charge in [-0.1, -0.05) is 48.0 Å². The minimum Gasteiger partial charge on any atom is -0.378 e. The smallest absolute Gasteiger partial charge is 0.330 e. The van der Waals surface area contributed by atoms with E-state index in [0.717, 1.165) is 10.1 Å². The first-order valence-corrected chi connectivity index (χ1v) is 10.5. The Morgan fingerprint density at radius 2 is 1.97 bits per heavy atom. The number of pyridine rings is 1. The molecule has 2 aromatic heterocycles. The van der Waals surface area contributed by atoms with Gasteiger partial charge >= 0.3 is 5.69 Å². The van der Waals surface area contributed by atoms with E-state index in [9.17, 15) is 14.9 Å². The number of methoxy groups -OCH3 is 1. The van der Waals surface area contributed by atoms with E-state index in [1.165, 1.54) is 13.2 Å². The monoisotopic (exact) mass is 461 g/mol. The van der Waals surface area contributed by atoms with Gasteiger partial charge in [0.25, 0.3) is 5.56 Å². The number of nitrogens with zero attached hydrogens (tertiary/aromatic N) is 3. The Morgan fingerprint density at radius 3 is 2.64 bits per heavy atom. The molecule has 0 radical (unpaired) electrons. The van der Waals surface area contributed by atoms with Gasteiger partial charge in [0.2, 0.25) is 0 Å². The summed E-state index contributed by atoms with van der Waals surface area (Å²) in [7, 11) is 1.51. The van der Waals surface area contributed by atoms with E-state index >= 15 is 0 Å². The molecule has 0 atom stereocenters. The van der Waals surface area contributed by atoms with Crippen LogP contribution in [0.5, 0.6) is 0 Å². The maximum Gasteiger partial charge on any atom is 0.330 e. The molecule has 3 N–H and O–H groups in total. The molecular formula is C24H20ClN5O3. The summed E-state index contributed by atoms with van der Waals surface area (Å²) in [6.07, 6.45) is 0. The van der Waals surface area contributed by atoms with Crippen molar-refractivity contribution in [3.63, 3.8) is 0 Å². The minimum atomic E-state index is -0.588. The highest BCUT2D eigenvalue weighted by Crippen LogP contribution is 2.34. The maximum absolute atomic E-state index is 13.7. The Kier molecular flexibility index (Phi) is 6.38. The number of aromatic amines is 1. The first-order valence-electron chi connectivity index (χ1n) is 10.1. The van der Waals surface area contributed by atoms with E-state index in [1.54, 1.807) is 12.1 Å². The van der Waals surface area contributed by atoms with Gasteiger partial charge in [-0.25, -0.2) is 9.78 Å². The quantitative estimate of drug-likeness (QED) is 0.454. The van der Waals surface area contributed by atoms with Crippen LogP contribution >= 0.6 is 11.6 Å². The second-order valence-electron chi connectivity index (χ2n) is 7.38. The number of H-pyrrole nitrogens is 1. The number of aromatic nitrogens is 3. The number of hydrogen-bond donors (Lipinski definition) is 2. The lowest BCUT2D eigenvalue weighted by molar-refractivity contribution is 0.181. The van der Waals surface area contributed by atoms with Crippen LogP contribution < -0.4 is 17.0 Å². The fourth-order valence-corrected chi connectivity index (χ4v) is 4.05. The lowest BCUT2D eigenvalue weighted by atomic mass is 9.92. The van der Waals surface area contributed by atoms with Gasteiger partial charge in [0.05, 0.1) is 35.9 Å². The van der Waals surface area contributed by atoms with Crippen LogP contribution in [0, 0.1) is 11.3 Å². The number of fused-ring (bicyclic) bond motifs is 1. The topological polar surface area (TPSA) is 127 Å². The van der Waals surface area contributed by atoms with Crippen molar-refractivity contribution in [2.24, 2.45) is 5.73 Å². The number of halogens is 1. The third-order valence-corrected chi connectivity index (χ3v) is 5.59. The van der Waals surface area contributed by atoms with Gasteiger partial charge in [0, 0.05) is 29.8 Å². The Bertz CT molecular complexity index is 1500. The molecule has 8 nitrogen and oxygen atoms in total. The summed E-state index contributed by atoms with van der Waals surface area (Å²) in [5.74, 6) is 0. The summed E-state index contributed by atoms with van der Waals surface area (Å²) in [6, 6.07) is 16.1. The van der Waals surface area contributed by atoms with Crippen molar-refractivity contribution in [3.8, 4) is 17.2 Å². The lowest BCUT2D eigenvalue weighted by Crippen LogP contribution is -2.36. The summed E-state index contributed by atoms with van der Waals surface area (Å²) in [5, 5.41) is 10.3. The van der Waals surface area contributed by atoms with E-state index in [-0.39, 0.29) is 36.3 Å². The number of rotatable bonds is 6. The zero-order valence-electron chi connectivity index (χ0n) is 17.8. The van der Waals surface area contributed by atoms with E-state index in [1.807, 2.05) is 30.3 Å². The van der Waals surface area contributed by atoms with Crippen LogP contribution in [0.25, 0.3) is 22.2 Å². The highest BCUT2D eigenvalue weighted by molar-refractivity contribution is 6.30. The molecule has 0 unspecified atom stereocenters. The number of nitriles is 1. The molecule has 0 fully saturated rings. The van der Waals surface area contributed by atoms with E-state index < -0.39 is 11.2 Å². The van der Waals surface area contributed by atoms with Crippen molar-refractivity contribution in [1.29, 1.82) is 5.26 Å². The SMILES string of the molecule is COCc1nc2[nH]c(=O)n(Cc3ccccc3)c(=O)c2c(-c2ccc(Cl)cc2C#N)c1CN. The molecule has 0 amide bonds. The molecule has 166 valence electrons. The van der Waals surface area contributed by atoms with Gasteiger partial charge in [0.15, 0.2) is 0 Å². The first-order chi connectivity index (χ1) is 16.0. The zero-order valence-corrected chi connectivity index (χ0v) is 18.5. The molecule has 9 heteroatoms. The van der Waals surface area contributed by atoms with Crippen LogP contribution in [-0.2, 0) is 24.4 Å². The number of benzene rings is 2. The standard InChI is InChI=1S/C24H20ClN5O3/c1-33-13-19-18(11-27)20(17-8-7-16(25)9-15(17)10-26)21-22(28-19)29-24(32)30(23(21)31)12-14-5-3-2-4-6-14/h2-9H,11-13,27H2,1H3,(H,28,29,32). The maximum atomic E-state index is 13.7. The minimum absolute atomic E-state index is 0.0434. The Balaban J connectivity index is 2.13. The van der Waals surface area contributed by atoms with Crippen molar-refractivity contribution in [2.45, 2.75) is 19.7 Å². The van der Waals surface area contributed by atoms with E-state index in [0.29, 0.717) is 27.4 Å². The molecule has 33 heavy (non-hydrogen) atoms. The van der Waals surface area contributed by atoms with Crippen LogP contribution in [0.4, 0.5) is 0 Å². The van der Waals surface area contributed by atoms with Crippen molar-refractivity contribution < 1.29 is 4.74 Å². The van der Waals surface area contributed by atoms with Crippen LogP contribution in [0.2, 0.25) is 5.02 Å². The van der Waals surface area contributed by atoms with Crippen LogP contribution in [0.1, 0.15) is 22.4 Å². The summed E-state index contributed by atoms with van der Waals surface area (Å²) in [6.45, 7) is 0.232. The third-order valence-electron chi connectivity index (χ3n) is 5.35. The van der Waals surface area contributed by atoms with Gasteiger partial charge in [-0.15, -0.1) is 0 Å². The molecule has 0 aliphatic carbocycles. The van der Waals surface area contributed by atoms with Crippen LogP contribution in [0.3, 0.4) is 0 Å². The van der Waals surface area contributed by atoms with Crippen molar-refractivity contribution in [3.05, 3.63) is 96.8 Å². The van der Waals surface area contributed by atoms with Gasteiger partial charge in [-0.3, -0.25) is 14.3 Å². The predicted molar refractivity (Wildman–Crippen MR) is 126 cm³/mol. The molecule has 0 saturated carbocycles. The average molecular weight is 462 g/mol. The second-order valence-corrected chi connectivity index (χ2v) is 7.82. The largest absolute Gasteiger partial charge is 0.378 e. The summed E-state index contributed by atoms with van der Waals surface area (Å²) < 4.78 is 6.38. The fourth-order valence-electron chi connectivity index (χ4n) is 3.88. The van der Waals surface area contributed by atoms with Crippen molar-refractivity contribution >= 4 is 22.6 Å². The Morgan fingerprint density at radius 1 is 1.21 bits per heavy atom. The highest BCUT2D eigenvalue weighted by atomic mass is 35.5. The van der Waals surface area contributed by atoms with Crippen molar-refractivity contribution in [1.82, 2.24) is 14.5 Å². The second kappa shape index (κ2) is 9.38. The number of nitrogens with two attached hydrogens (primary N) is 1. The highest BCUT2D eigenvalue weighted by Gasteiger charge is 2.22. The zero-order chi connectivity index (χ0) is 23.5. The summed E-state index contributed by atoms with van der Waals surface area (Å²) in [4.78, 5) is 33.7. The summed E-state index contributed by atoms with van der Waals surface area (Å²) >= 11 is 6.10. The van der Waals surface area contributed by atoms with Crippen LogP contribution in [0.15, 0.2) is 58.1 Å². The molecule has 0 bridgehead atoms. The molecule has 0 aliphatic heterocycles. The van der Waals surface area contributed by atoms with Crippen molar-refractivity contribution in [2.75, 3.05) is 7.11 Å². The number of ether oxygens (including phenoxy) is 1.